The van der Waals surface area contributed by atoms with E-state index in [1.807, 2.05) is 36.9 Å². The average Bonchev–Trinajstić information content (AvgIpc) is 2.32. The highest BCUT2D eigenvalue weighted by molar-refractivity contribution is 5.96. The van der Waals surface area contributed by atoms with Gasteiger partial charge in [-0.3, -0.25) is 4.79 Å². The first kappa shape index (κ1) is 15.0. The zero-order valence-corrected chi connectivity index (χ0v) is 12.0. The summed E-state index contributed by atoms with van der Waals surface area (Å²) in [6.07, 6.45) is 0. The van der Waals surface area contributed by atoms with E-state index < -0.39 is 0 Å². The molecule has 0 aliphatic carbocycles. The highest BCUT2D eigenvalue weighted by Gasteiger charge is 2.22. The van der Waals surface area contributed by atoms with Crippen molar-refractivity contribution in [3.63, 3.8) is 0 Å². The maximum atomic E-state index is 12.4. The van der Waals surface area contributed by atoms with Gasteiger partial charge < -0.3 is 10.2 Å². The molecule has 1 aliphatic heterocycles. The predicted octanol–water partition coefficient (Wildman–Crippen LogP) is 2.16. The second-order valence-corrected chi connectivity index (χ2v) is 4.85. The summed E-state index contributed by atoms with van der Waals surface area (Å²) in [6, 6.07) is 6.32. The summed E-state index contributed by atoms with van der Waals surface area (Å²) in [5.74, 6) is 0.166. The van der Waals surface area contributed by atoms with Crippen molar-refractivity contribution >= 4 is 18.3 Å². The average molecular weight is 269 g/mol. The third-order valence-electron chi connectivity index (χ3n) is 3.49. The SMILES string of the molecule is Cc1cccc(C(=O)N2CCNC(C)C2)c1C.Cl. The van der Waals surface area contributed by atoms with Crippen molar-refractivity contribution in [2.45, 2.75) is 26.8 Å². The minimum absolute atomic E-state index is 0. The topological polar surface area (TPSA) is 32.3 Å². The van der Waals surface area contributed by atoms with Crippen molar-refractivity contribution in [3.8, 4) is 0 Å². The Balaban J connectivity index is 0.00000162. The van der Waals surface area contributed by atoms with Crippen LogP contribution in [0, 0.1) is 13.8 Å². The van der Waals surface area contributed by atoms with Crippen LogP contribution in [-0.4, -0.2) is 36.5 Å². The van der Waals surface area contributed by atoms with Crippen LogP contribution in [0.15, 0.2) is 18.2 Å². The van der Waals surface area contributed by atoms with Crippen LogP contribution in [0.4, 0.5) is 0 Å². The van der Waals surface area contributed by atoms with E-state index in [0.717, 1.165) is 30.8 Å². The van der Waals surface area contributed by atoms with Crippen LogP contribution in [0.3, 0.4) is 0 Å². The zero-order chi connectivity index (χ0) is 12.4. The number of carbonyl (C=O) groups is 1. The van der Waals surface area contributed by atoms with Crippen LogP contribution in [0.5, 0.6) is 0 Å². The standard InChI is InChI=1S/C14H20N2O.ClH/c1-10-5-4-6-13(12(10)3)14(17)16-8-7-15-11(2)9-16;/h4-6,11,15H,7-9H2,1-3H3;1H. The van der Waals surface area contributed by atoms with Crippen LogP contribution in [0.25, 0.3) is 0 Å². The number of aryl methyl sites for hydroxylation is 1. The number of benzene rings is 1. The first-order valence-electron chi connectivity index (χ1n) is 6.18. The summed E-state index contributed by atoms with van der Waals surface area (Å²) >= 11 is 0. The van der Waals surface area contributed by atoms with Crippen molar-refractivity contribution in [3.05, 3.63) is 34.9 Å². The number of nitrogens with zero attached hydrogens (tertiary/aromatic N) is 1. The highest BCUT2D eigenvalue weighted by Crippen LogP contribution is 2.15. The van der Waals surface area contributed by atoms with Gasteiger partial charge in [-0.2, -0.15) is 0 Å². The van der Waals surface area contributed by atoms with Gasteiger partial charge in [-0.15, -0.1) is 12.4 Å². The third-order valence-corrected chi connectivity index (χ3v) is 3.49. The molecule has 0 saturated carbocycles. The molecule has 1 unspecified atom stereocenters. The van der Waals surface area contributed by atoms with Gasteiger partial charge in [0.25, 0.3) is 5.91 Å². The van der Waals surface area contributed by atoms with Gasteiger partial charge in [-0.05, 0) is 38.0 Å². The fourth-order valence-corrected chi connectivity index (χ4v) is 2.27. The van der Waals surface area contributed by atoms with Crippen LogP contribution in [0.1, 0.15) is 28.4 Å². The normalized spacial score (nSPS) is 19.3. The number of piperazine rings is 1. The number of hydrogen-bond donors (Lipinski definition) is 1. The van der Waals surface area contributed by atoms with Gasteiger partial charge in [0.05, 0.1) is 0 Å². The van der Waals surface area contributed by atoms with Gasteiger partial charge >= 0.3 is 0 Å². The Morgan fingerprint density at radius 2 is 2.11 bits per heavy atom. The van der Waals surface area contributed by atoms with Gasteiger partial charge in [0.15, 0.2) is 0 Å². The lowest BCUT2D eigenvalue weighted by molar-refractivity contribution is 0.0708. The molecule has 100 valence electrons. The smallest absolute Gasteiger partial charge is 0.254 e. The van der Waals surface area contributed by atoms with Crippen LogP contribution in [0.2, 0.25) is 0 Å². The Morgan fingerprint density at radius 3 is 2.78 bits per heavy atom. The second-order valence-electron chi connectivity index (χ2n) is 4.85. The van der Waals surface area contributed by atoms with E-state index >= 15 is 0 Å². The molecule has 1 aromatic rings. The number of rotatable bonds is 1. The fourth-order valence-electron chi connectivity index (χ4n) is 2.27. The molecular formula is C14H21ClN2O. The van der Waals surface area contributed by atoms with E-state index in [9.17, 15) is 4.79 Å². The van der Waals surface area contributed by atoms with Gasteiger partial charge in [-0.1, -0.05) is 12.1 Å². The van der Waals surface area contributed by atoms with Gasteiger partial charge in [-0.25, -0.2) is 0 Å². The predicted molar refractivity (Wildman–Crippen MR) is 76.5 cm³/mol. The number of halogens is 1. The number of nitrogens with one attached hydrogen (secondary N) is 1. The molecule has 1 aliphatic rings. The lowest BCUT2D eigenvalue weighted by atomic mass is 10.0. The van der Waals surface area contributed by atoms with Crippen molar-refractivity contribution in [2.24, 2.45) is 0 Å². The van der Waals surface area contributed by atoms with Crippen molar-refractivity contribution in [2.75, 3.05) is 19.6 Å². The third kappa shape index (κ3) is 3.03. The quantitative estimate of drug-likeness (QED) is 0.847. The van der Waals surface area contributed by atoms with E-state index in [1.165, 1.54) is 5.56 Å². The van der Waals surface area contributed by atoms with Crippen molar-refractivity contribution < 1.29 is 4.79 Å². The Morgan fingerprint density at radius 1 is 1.39 bits per heavy atom. The molecule has 0 aromatic heterocycles. The van der Waals surface area contributed by atoms with Crippen LogP contribution >= 0.6 is 12.4 Å². The summed E-state index contributed by atoms with van der Waals surface area (Å²) in [5.41, 5.74) is 3.13. The molecule has 0 spiro atoms. The molecular weight excluding hydrogens is 248 g/mol. The largest absolute Gasteiger partial charge is 0.336 e. The van der Waals surface area contributed by atoms with E-state index in [0.29, 0.717) is 6.04 Å². The van der Waals surface area contributed by atoms with E-state index in [4.69, 9.17) is 0 Å². The Hall–Kier alpha value is -1.06. The maximum Gasteiger partial charge on any atom is 0.254 e. The molecule has 1 amide bonds. The molecule has 1 atom stereocenters. The molecule has 1 N–H and O–H groups in total. The fraction of sp³-hybridized carbons (Fsp3) is 0.500. The molecule has 2 rings (SSSR count). The highest BCUT2D eigenvalue weighted by atomic mass is 35.5. The lowest BCUT2D eigenvalue weighted by Crippen LogP contribution is -2.51. The first-order chi connectivity index (χ1) is 8.09. The molecule has 1 heterocycles. The van der Waals surface area contributed by atoms with Crippen molar-refractivity contribution in [1.29, 1.82) is 0 Å². The Labute approximate surface area is 115 Å². The molecule has 1 aromatic carbocycles. The number of carbonyl (C=O) groups excluding carboxylic acids is 1. The number of amides is 1. The summed E-state index contributed by atoms with van der Waals surface area (Å²) in [5, 5.41) is 3.35. The number of hydrogen-bond acceptors (Lipinski definition) is 2. The second kappa shape index (κ2) is 6.21. The summed E-state index contributed by atoms with van der Waals surface area (Å²) in [7, 11) is 0. The molecule has 18 heavy (non-hydrogen) atoms. The van der Waals surface area contributed by atoms with Crippen molar-refractivity contribution in [1.82, 2.24) is 10.2 Å². The van der Waals surface area contributed by atoms with Gasteiger partial charge in [0.1, 0.15) is 0 Å². The first-order valence-corrected chi connectivity index (χ1v) is 6.18. The summed E-state index contributed by atoms with van der Waals surface area (Å²) < 4.78 is 0. The molecule has 4 heteroatoms. The molecule has 1 fully saturated rings. The molecule has 0 radical (unpaired) electrons. The van der Waals surface area contributed by atoms with Crippen LogP contribution < -0.4 is 5.32 Å². The minimum Gasteiger partial charge on any atom is -0.336 e. The Kier molecular flexibility index (Phi) is 5.17. The van der Waals surface area contributed by atoms with Gasteiger partial charge in [0, 0.05) is 31.2 Å². The van der Waals surface area contributed by atoms with E-state index in [1.54, 1.807) is 0 Å². The molecule has 0 bridgehead atoms. The molecule has 3 nitrogen and oxygen atoms in total. The lowest BCUT2D eigenvalue weighted by Gasteiger charge is -2.32. The van der Waals surface area contributed by atoms with Crippen LogP contribution in [-0.2, 0) is 0 Å². The summed E-state index contributed by atoms with van der Waals surface area (Å²) in [6.45, 7) is 8.67. The monoisotopic (exact) mass is 268 g/mol. The summed E-state index contributed by atoms with van der Waals surface area (Å²) in [4.78, 5) is 14.4. The molecule has 1 saturated heterocycles. The zero-order valence-electron chi connectivity index (χ0n) is 11.2. The van der Waals surface area contributed by atoms with E-state index in [2.05, 4.69) is 12.2 Å². The minimum atomic E-state index is 0. The van der Waals surface area contributed by atoms with Gasteiger partial charge in [0.2, 0.25) is 0 Å². The maximum absolute atomic E-state index is 12.4. The Bertz CT molecular complexity index is 434. The van der Waals surface area contributed by atoms with E-state index in [-0.39, 0.29) is 18.3 Å².